The Morgan fingerprint density at radius 3 is 2.89 bits per heavy atom. The predicted molar refractivity (Wildman–Crippen MR) is 70.6 cm³/mol. The van der Waals surface area contributed by atoms with Crippen LogP contribution in [-0.4, -0.2) is 16.1 Å². The van der Waals surface area contributed by atoms with Crippen molar-refractivity contribution in [2.24, 2.45) is 0 Å². The molecule has 0 fully saturated rings. The van der Waals surface area contributed by atoms with E-state index in [9.17, 15) is 4.79 Å². The van der Waals surface area contributed by atoms with E-state index in [1.165, 1.54) is 0 Å². The molecule has 1 aromatic carbocycles. The Morgan fingerprint density at radius 2 is 2.22 bits per heavy atom. The highest BCUT2D eigenvalue weighted by Gasteiger charge is 2.07. The number of aromatic nitrogens is 2. The summed E-state index contributed by atoms with van der Waals surface area (Å²) in [4.78, 5) is 11.7. The lowest BCUT2D eigenvalue weighted by Crippen LogP contribution is -2.24. The summed E-state index contributed by atoms with van der Waals surface area (Å²) in [7, 11) is 0. The van der Waals surface area contributed by atoms with Gasteiger partial charge in [0.05, 0.1) is 12.6 Å². The fourth-order valence-electron chi connectivity index (χ4n) is 1.48. The van der Waals surface area contributed by atoms with E-state index in [1.54, 1.807) is 30.6 Å². The molecular formula is C12H11Cl2N3O. The van der Waals surface area contributed by atoms with Crippen molar-refractivity contribution in [3.8, 4) is 0 Å². The molecule has 0 bridgehead atoms. The van der Waals surface area contributed by atoms with Crippen LogP contribution in [-0.2, 0) is 17.8 Å². The first-order chi connectivity index (χ1) is 8.65. The van der Waals surface area contributed by atoms with Crippen LogP contribution in [0.2, 0.25) is 10.0 Å². The van der Waals surface area contributed by atoms with E-state index in [1.807, 2.05) is 0 Å². The molecule has 0 atom stereocenters. The number of rotatable bonds is 4. The van der Waals surface area contributed by atoms with E-state index in [2.05, 4.69) is 15.5 Å². The summed E-state index contributed by atoms with van der Waals surface area (Å²) in [6.45, 7) is 0.445. The number of nitrogens with one attached hydrogen (secondary N) is 2. The second-order valence-corrected chi connectivity index (χ2v) is 4.64. The van der Waals surface area contributed by atoms with Crippen LogP contribution < -0.4 is 5.32 Å². The summed E-state index contributed by atoms with van der Waals surface area (Å²) in [6.07, 6.45) is 3.62. The molecule has 2 rings (SSSR count). The van der Waals surface area contributed by atoms with Gasteiger partial charge in [-0.05, 0) is 17.7 Å². The van der Waals surface area contributed by atoms with Gasteiger partial charge in [0.15, 0.2) is 0 Å². The number of benzene rings is 1. The van der Waals surface area contributed by atoms with Crippen LogP contribution in [0.25, 0.3) is 0 Å². The molecule has 0 aliphatic carbocycles. The number of carbonyl (C=O) groups excluding carboxylic acids is 1. The number of hydrogen-bond acceptors (Lipinski definition) is 2. The lowest BCUT2D eigenvalue weighted by molar-refractivity contribution is -0.120. The molecule has 94 valence electrons. The van der Waals surface area contributed by atoms with E-state index in [-0.39, 0.29) is 12.3 Å². The van der Waals surface area contributed by atoms with Crippen LogP contribution in [0, 0.1) is 0 Å². The Balaban J connectivity index is 1.91. The number of nitrogens with zero attached hydrogens (tertiary/aromatic N) is 1. The fourth-order valence-corrected chi connectivity index (χ4v) is 1.95. The minimum Gasteiger partial charge on any atom is -0.352 e. The predicted octanol–water partition coefficient (Wildman–Crippen LogP) is 2.58. The van der Waals surface area contributed by atoms with Gasteiger partial charge in [0, 0.05) is 28.4 Å². The Labute approximate surface area is 114 Å². The summed E-state index contributed by atoms with van der Waals surface area (Å²) in [6, 6.07) is 5.09. The van der Waals surface area contributed by atoms with Crippen LogP contribution in [0.15, 0.2) is 30.6 Å². The summed E-state index contributed by atoms with van der Waals surface area (Å²) < 4.78 is 0. The van der Waals surface area contributed by atoms with Crippen molar-refractivity contribution in [2.45, 2.75) is 13.0 Å². The van der Waals surface area contributed by atoms with Gasteiger partial charge in [-0.1, -0.05) is 29.3 Å². The maximum Gasteiger partial charge on any atom is 0.224 e. The number of aromatic amines is 1. The van der Waals surface area contributed by atoms with Crippen molar-refractivity contribution >= 4 is 29.1 Å². The Morgan fingerprint density at radius 1 is 1.39 bits per heavy atom. The van der Waals surface area contributed by atoms with Crippen molar-refractivity contribution in [2.75, 3.05) is 0 Å². The zero-order valence-corrected chi connectivity index (χ0v) is 10.9. The highest BCUT2D eigenvalue weighted by Crippen LogP contribution is 2.21. The van der Waals surface area contributed by atoms with Gasteiger partial charge < -0.3 is 5.32 Å². The highest BCUT2D eigenvalue weighted by molar-refractivity contribution is 6.35. The third-order valence-electron chi connectivity index (χ3n) is 2.41. The first kappa shape index (κ1) is 12.9. The number of halogens is 2. The molecule has 1 heterocycles. The monoisotopic (exact) mass is 283 g/mol. The van der Waals surface area contributed by atoms with Crippen molar-refractivity contribution < 1.29 is 4.79 Å². The molecule has 2 aromatic rings. The molecule has 6 heteroatoms. The first-order valence-electron chi connectivity index (χ1n) is 5.33. The maximum atomic E-state index is 11.7. The molecule has 0 saturated heterocycles. The van der Waals surface area contributed by atoms with Crippen LogP contribution in [0.4, 0.5) is 0 Å². The first-order valence-corrected chi connectivity index (χ1v) is 6.09. The molecule has 0 spiro atoms. The van der Waals surface area contributed by atoms with Crippen LogP contribution in [0.3, 0.4) is 0 Å². The second-order valence-electron chi connectivity index (χ2n) is 3.80. The van der Waals surface area contributed by atoms with E-state index in [0.717, 1.165) is 11.1 Å². The summed E-state index contributed by atoms with van der Waals surface area (Å²) >= 11 is 11.8. The SMILES string of the molecule is O=C(Cc1ccc(Cl)cc1Cl)NCc1cn[nH]c1. The molecule has 0 aliphatic heterocycles. The maximum absolute atomic E-state index is 11.7. The molecule has 18 heavy (non-hydrogen) atoms. The quantitative estimate of drug-likeness (QED) is 0.906. The van der Waals surface area contributed by atoms with Crippen LogP contribution in [0.1, 0.15) is 11.1 Å². The van der Waals surface area contributed by atoms with Gasteiger partial charge in [-0.25, -0.2) is 0 Å². The molecule has 0 aliphatic rings. The van der Waals surface area contributed by atoms with Gasteiger partial charge in [-0.2, -0.15) is 5.10 Å². The molecule has 0 saturated carbocycles. The van der Waals surface area contributed by atoms with Gasteiger partial charge >= 0.3 is 0 Å². The van der Waals surface area contributed by atoms with Crippen LogP contribution >= 0.6 is 23.2 Å². The lowest BCUT2D eigenvalue weighted by atomic mass is 10.1. The third-order valence-corrected chi connectivity index (χ3v) is 3.00. The average molecular weight is 284 g/mol. The minimum absolute atomic E-state index is 0.0968. The summed E-state index contributed by atoms with van der Waals surface area (Å²) in [5, 5.41) is 10.3. The molecule has 4 nitrogen and oxygen atoms in total. The Hall–Kier alpha value is -1.52. The highest BCUT2D eigenvalue weighted by atomic mass is 35.5. The number of amides is 1. The lowest BCUT2D eigenvalue weighted by Gasteiger charge is -2.05. The topological polar surface area (TPSA) is 57.8 Å². The van der Waals surface area contributed by atoms with E-state index in [0.29, 0.717) is 16.6 Å². The molecule has 0 radical (unpaired) electrons. The van der Waals surface area contributed by atoms with E-state index in [4.69, 9.17) is 23.2 Å². The largest absolute Gasteiger partial charge is 0.352 e. The van der Waals surface area contributed by atoms with Gasteiger partial charge in [0.25, 0.3) is 0 Å². The molecule has 1 aromatic heterocycles. The minimum atomic E-state index is -0.0968. The number of hydrogen-bond donors (Lipinski definition) is 2. The molecule has 1 amide bonds. The van der Waals surface area contributed by atoms with E-state index < -0.39 is 0 Å². The number of H-pyrrole nitrogens is 1. The van der Waals surface area contributed by atoms with Crippen molar-refractivity contribution in [3.63, 3.8) is 0 Å². The van der Waals surface area contributed by atoms with Crippen molar-refractivity contribution in [3.05, 3.63) is 51.8 Å². The summed E-state index contributed by atoms with van der Waals surface area (Å²) in [5.41, 5.74) is 1.68. The fraction of sp³-hybridized carbons (Fsp3) is 0.167. The number of carbonyl (C=O) groups is 1. The zero-order valence-electron chi connectivity index (χ0n) is 9.41. The smallest absolute Gasteiger partial charge is 0.224 e. The van der Waals surface area contributed by atoms with Crippen molar-refractivity contribution in [1.29, 1.82) is 0 Å². The zero-order chi connectivity index (χ0) is 13.0. The molecule has 0 unspecified atom stereocenters. The standard InChI is InChI=1S/C12H11Cl2N3O/c13-10-2-1-9(11(14)4-10)3-12(18)15-5-8-6-16-17-7-8/h1-2,4,6-7H,3,5H2,(H,15,18)(H,16,17). The third kappa shape index (κ3) is 3.48. The van der Waals surface area contributed by atoms with Gasteiger partial charge in [0.2, 0.25) is 5.91 Å². The average Bonchev–Trinajstić information content (AvgIpc) is 2.83. The van der Waals surface area contributed by atoms with Crippen molar-refractivity contribution in [1.82, 2.24) is 15.5 Å². The Kier molecular flexibility index (Phi) is 4.23. The second kappa shape index (κ2) is 5.89. The molecule has 2 N–H and O–H groups in total. The van der Waals surface area contributed by atoms with Gasteiger partial charge in [0.1, 0.15) is 0 Å². The van der Waals surface area contributed by atoms with E-state index >= 15 is 0 Å². The summed E-state index contributed by atoms with van der Waals surface area (Å²) in [5.74, 6) is -0.0968. The van der Waals surface area contributed by atoms with Gasteiger partial charge in [-0.15, -0.1) is 0 Å². The normalized spacial score (nSPS) is 10.3. The van der Waals surface area contributed by atoms with Crippen LogP contribution in [0.5, 0.6) is 0 Å². The molecular weight excluding hydrogens is 273 g/mol. The van der Waals surface area contributed by atoms with Gasteiger partial charge in [-0.3, -0.25) is 9.89 Å². The Bertz CT molecular complexity index is 540.